The highest BCUT2D eigenvalue weighted by molar-refractivity contribution is 5.43. The molecule has 2 aromatic rings. The van der Waals surface area contributed by atoms with Gasteiger partial charge in [0.1, 0.15) is 5.75 Å². The second-order valence-corrected chi connectivity index (χ2v) is 6.08. The highest BCUT2D eigenvalue weighted by atomic mass is 16.5. The van der Waals surface area contributed by atoms with Crippen LogP contribution >= 0.6 is 0 Å². The molecule has 0 saturated heterocycles. The van der Waals surface area contributed by atoms with Crippen molar-refractivity contribution >= 4 is 5.69 Å². The van der Waals surface area contributed by atoms with Crippen LogP contribution in [-0.4, -0.2) is 24.1 Å². The van der Waals surface area contributed by atoms with Crippen molar-refractivity contribution in [2.24, 2.45) is 0 Å². The maximum absolute atomic E-state index is 5.95. The minimum Gasteiger partial charge on any atom is -0.491 e. The lowest BCUT2D eigenvalue weighted by atomic mass is 10.00. The molecule has 2 N–H and O–H groups in total. The van der Waals surface area contributed by atoms with Crippen molar-refractivity contribution in [1.29, 1.82) is 0 Å². The van der Waals surface area contributed by atoms with E-state index in [4.69, 9.17) is 10.5 Å². The Morgan fingerprint density at radius 2 is 1.95 bits per heavy atom. The summed E-state index contributed by atoms with van der Waals surface area (Å²) >= 11 is 0. The van der Waals surface area contributed by atoms with E-state index in [9.17, 15) is 0 Å². The highest BCUT2D eigenvalue weighted by Crippen LogP contribution is 2.20. The first-order valence-corrected chi connectivity index (χ1v) is 8.02. The molecule has 1 aliphatic rings. The Hall–Kier alpha value is -2.00. The summed E-state index contributed by atoms with van der Waals surface area (Å²) in [4.78, 5) is 2.52. The lowest BCUT2D eigenvalue weighted by molar-refractivity contribution is 0.169. The van der Waals surface area contributed by atoms with Crippen molar-refractivity contribution in [3.8, 4) is 5.75 Å². The van der Waals surface area contributed by atoms with E-state index in [1.165, 1.54) is 11.1 Å². The molecule has 1 aliphatic heterocycles. The van der Waals surface area contributed by atoms with Gasteiger partial charge in [0.05, 0.1) is 6.10 Å². The van der Waals surface area contributed by atoms with E-state index in [2.05, 4.69) is 36.1 Å². The van der Waals surface area contributed by atoms with Gasteiger partial charge in [-0.2, -0.15) is 0 Å². The van der Waals surface area contributed by atoms with Crippen LogP contribution in [0.2, 0.25) is 0 Å². The van der Waals surface area contributed by atoms with Crippen molar-refractivity contribution in [1.82, 2.24) is 4.90 Å². The smallest absolute Gasteiger partial charge is 0.121 e. The molecule has 0 saturated carbocycles. The minimum atomic E-state index is 0.193. The summed E-state index contributed by atoms with van der Waals surface area (Å²) in [6, 6.07) is 16.4. The summed E-state index contributed by atoms with van der Waals surface area (Å²) in [6.07, 6.45) is 2.37. The zero-order chi connectivity index (χ0) is 15.4. The van der Waals surface area contributed by atoms with E-state index in [0.29, 0.717) is 0 Å². The standard InChI is InChI=1S/C19H24N2O/c1-15(22-19-8-4-7-18(20)13-19)9-11-21-12-10-16-5-2-3-6-17(16)14-21/h2-8,13,15H,9-12,14,20H2,1H3. The zero-order valence-electron chi connectivity index (χ0n) is 13.2. The molecule has 3 nitrogen and oxygen atoms in total. The van der Waals surface area contributed by atoms with Gasteiger partial charge in [-0.05, 0) is 43.0 Å². The summed E-state index contributed by atoms with van der Waals surface area (Å²) < 4.78 is 5.95. The molecule has 2 aromatic carbocycles. The van der Waals surface area contributed by atoms with Crippen molar-refractivity contribution in [3.63, 3.8) is 0 Å². The Morgan fingerprint density at radius 3 is 2.77 bits per heavy atom. The van der Waals surface area contributed by atoms with Crippen LogP contribution in [0.15, 0.2) is 48.5 Å². The molecule has 22 heavy (non-hydrogen) atoms. The van der Waals surface area contributed by atoms with Crippen molar-refractivity contribution in [2.45, 2.75) is 32.4 Å². The van der Waals surface area contributed by atoms with Crippen LogP contribution in [-0.2, 0) is 13.0 Å². The van der Waals surface area contributed by atoms with Gasteiger partial charge in [-0.3, -0.25) is 4.90 Å². The number of nitrogens with zero attached hydrogens (tertiary/aromatic N) is 1. The van der Waals surface area contributed by atoms with E-state index < -0.39 is 0 Å². The van der Waals surface area contributed by atoms with Gasteiger partial charge in [-0.15, -0.1) is 0 Å². The van der Waals surface area contributed by atoms with Gasteiger partial charge < -0.3 is 10.5 Å². The fourth-order valence-corrected chi connectivity index (χ4v) is 2.99. The largest absolute Gasteiger partial charge is 0.491 e. The van der Waals surface area contributed by atoms with E-state index in [1.807, 2.05) is 24.3 Å². The number of benzene rings is 2. The second-order valence-electron chi connectivity index (χ2n) is 6.08. The third kappa shape index (κ3) is 3.80. The molecule has 0 aliphatic carbocycles. The van der Waals surface area contributed by atoms with Gasteiger partial charge in [-0.1, -0.05) is 30.3 Å². The molecule has 0 radical (unpaired) electrons. The number of ether oxygens (including phenoxy) is 1. The quantitative estimate of drug-likeness (QED) is 0.858. The number of fused-ring (bicyclic) bond motifs is 1. The molecule has 1 unspecified atom stereocenters. The van der Waals surface area contributed by atoms with Crippen LogP contribution in [0.5, 0.6) is 5.75 Å². The molecule has 0 fully saturated rings. The average molecular weight is 296 g/mol. The number of hydrogen-bond donors (Lipinski definition) is 1. The highest BCUT2D eigenvalue weighted by Gasteiger charge is 2.16. The molecule has 0 bridgehead atoms. The van der Waals surface area contributed by atoms with Gasteiger partial charge in [0.2, 0.25) is 0 Å². The van der Waals surface area contributed by atoms with Crippen molar-refractivity contribution in [2.75, 3.05) is 18.8 Å². The molecule has 116 valence electrons. The van der Waals surface area contributed by atoms with E-state index in [0.717, 1.165) is 43.9 Å². The van der Waals surface area contributed by atoms with Gasteiger partial charge in [0, 0.05) is 31.4 Å². The molecule has 1 heterocycles. The summed E-state index contributed by atoms with van der Waals surface area (Å²) in [5, 5.41) is 0. The maximum atomic E-state index is 5.95. The van der Waals surface area contributed by atoms with Gasteiger partial charge >= 0.3 is 0 Å². The molecular formula is C19H24N2O. The molecule has 0 spiro atoms. The third-order valence-electron chi connectivity index (χ3n) is 4.26. The fourth-order valence-electron chi connectivity index (χ4n) is 2.99. The molecular weight excluding hydrogens is 272 g/mol. The van der Waals surface area contributed by atoms with E-state index >= 15 is 0 Å². The molecule has 3 rings (SSSR count). The number of rotatable bonds is 5. The average Bonchev–Trinajstić information content (AvgIpc) is 2.53. The first-order valence-electron chi connectivity index (χ1n) is 8.02. The van der Waals surface area contributed by atoms with E-state index in [1.54, 1.807) is 0 Å². The Kier molecular flexibility index (Phi) is 4.64. The molecule has 3 heteroatoms. The van der Waals surface area contributed by atoms with E-state index in [-0.39, 0.29) is 6.10 Å². The van der Waals surface area contributed by atoms with Crippen LogP contribution in [0.1, 0.15) is 24.5 Å². The molecule has 0 aromatic heterocycles. The summed E-state index contributed by atoms with van der Waals surface area (Å²) in [5.74, 6) is 0.858. The van der Waals surface area contributed by atoms with Crippen molar-refractivity contribution < 1.29 is 4.74 Å². The Balaban J connectivity index is 1.49. The number of anilines is 1. The monoisotopic (exact) mass is 296 g/mol. The lowest BCUT2D eigenvalue weighted by Gasteiger charge is -2.29. The topological polar surface area (TPSA) is 38.5 Å². The summed E-state index contributed by atoms with van der Waals surface area (Å²) in [7, 11) is 0. The third-order valence-corrected chi connectivity index (χ3v) is 4.26. The Labute approximate surface area is 132 Å². The first kappa shape index (κ1) is 14.9. The van der Waals surface area contributed by atoms with Crippen LogP contribution < -0.4 is 10.5 Å². The Morgan fingerprint density at radius 1 is 1.14 bits per heavy atom. The summed E-state index contributed by atoms with van der Waals surface area (Å²) in [5.41, 5.74) is 9.50. The lowest BCUT2D eigenvalue weighted by Crippen LogP contribution is -2.33. The van der Waals surface area contributed by atoms with Gasteiger partial charge in [0.15, 0.2) is 0 Å². The van der Waals surface area contributed by atoms with Crippen LogP contribution in [0.25, 0.3) is 0 Å². The second kappa shape index (κ2) is 6.84. The van der Waals surface area contributed by atoms with Crippen LogP contribution in [0, 0.1) is 0 Å². The number of nitrogens with two attached hydrogens (primary N) is 1. The predicted molar refractivity (Wildman–Crippen MR) is 91.0 cm³/mol. The van der Waals surface area contributed by atoms with Gasteiger partial charge in [0.25, 0.3) is 0 Å². The zero-order valence-corrected chi connectivity index (χ0v) is 13.2. The predicted octanol–water partition coefficient (Wildman–Crippen LogP) is 3.48. The van der Waals surface area contributed by atoms with Crippen LogP contribution in [0.3, 0.4) is 0 Å². The first-order chi connectivity index (χ1) is 10.7. The van der Waals surface area contributed by atoms with Crippen LogP contribution in [0.4, 0.5) is 5.69 Å². The molecule has 1 atom stereocenters. The Bertz CT molecular complexity index is 626. The minimum absolute atomic E-state index is 0.193. The van der Waals surface area contributed by atoms with Gasteiger partial charge in [-0.25, -0.2) is 0 Å². The summed E-state index contributed by atoms with van der Waals surface area (Å²) in [6.45, 7) is 5.39. The number of hydrogen-bond acceptors (Lipinski definition) is 3. The number of nitrogen functional groups attached to an aromatic ring is 1. The molecule has 0 amide bonds. The maximum Gasteiger partial charge on any atom is 0.121 e. The fraction of sp³-hybridized carbons (Fsp3) is 0.368. The normalized spacial score (nSPS) is 16.0. The SMILES string of the molecule is CC(CCN1CCc2ccccc2C1)Oc1cccc(N)c1. The van der Waals surface area contributed by atoms with Crippen molar-refractivity contribution in [3.05, 3.63) is 59.7 Å².